The first-order valence-electron chi connectivity index (χ1n) is 8.09. The van der Waals surface area contributed by atoms with Crippen molar-refractivity contribution in [3.05, 3.63) is 40.4 Å². The lowest BCUT2D eigenvalue weighted by Crippen LogP contribution is -2.16. The first-order chi connectivity index (χ1) is 10.3. The van der Waals surface area contributed by atoms with Crippen LogP contribution < -0.4 is 10.1 Å². The molecule has 0 fully saturated rings. The van der Waals surface area contributed by atoms with Crippen molar-refractivity contribution in [2.45, 2.75) is 52.0 Å². The lowest BCUT2D eigenvalue weighted by molar-refractivity contribution is 0.313. The molecule has 1 aromatic rings. The fourth-order valence-electron chi connectivity index (χ4n) is 2.64. The summed E-state index contributed by atoms with van der Waals surface area (Å²) in [5.74, 6) is 0.950. The van der Waals surface area contributed by atoms with Crippen molar-refractivity contribution in [1.29, 1.82) is 0 Å². The van der Waals surface area contributed by atoms with Crippen molar-refractivity contribution >= 4 is 11.6 Å². The van der Waals surface area contributed by atoms with Crippen molar-refractivity contribution in [3.8, 4) is 5.75 Å². The molecule has 0 aromatic heterocycles. The molecule has 2 rings (SSSR count). The molecule has 1 aliphatic carbocycles. The van der Waals surface area contributed by atoms with E-state index in [1.807, 2.05) is 18.2 Å². The molecule has 1 aromatic carbocycles. The van der Waals surface area contributed by atoms with Gasteiger partial charge in [-0.2, -0.15) is 0 Å². The largest absolute Gasteiger partial charge is 0.493 e. The molecule has 0 bridgehead atoms. The lowest BCUT2D eigenvalue weighted by atomic mass is 9.97. The van der Waals surface area contributed by atoms with Gasteiger partial charge in [0, 0.05) is 17.1 Å². The second-order valence-electron chi connectivity index (χ2n) is 5.64. The molecule has 0 radical (unpaired) electrons. The van der Waals surface area contributed by atoms with Crippen LogP contribution >= 0.6 is 11.6 Å². The van der Waals surface area contributed by atoms with Gasteiger partial charge in [-0.25, -0.2) is 0 Å². The topological polar surface area (TPSA) is 21.3 Å². The minimum Gasteiger partial charge on any atom is -0.493 e. The molecule has 0 saturated heterocycles. The predicted octanol–water partition coefficient (Wildman–Crippen LogP) is 5.11. The van der Waals surface area contributed by atoms with Crippen LogP contribution in [0.3, 0.4) is 0 Å². The lowest BCUT2D eigenvalue weighted by Gasteiger charge is -2.14. The minimum absolute atomic E-state index is 0.752. The Bertz CT molecular complexity index is 470. The predicted molar refractivity (Wildman–Crippen MR) is 90.1 cm³/mol. The maximum atomic E-state index is 6.09. The van der Waals surface area contributed by atoms with E-state index in [2.05, 4.69) is 18.3 Å². The number of halogens is 1. The van der Waals surface area contributed by atoms with Gasteiger partial charge in [-0.05, 0) is 63.3 Å². The fourth-order valence-corrected chi connectivity index (χ4v) is 2.84. The molecule has 0 atom stereocenters. The van der Waals surface area contributed by atoms with Gasteiger partial charge in [-0.3, -0.25) is 0 Å². The van der Waals surface area contributed by atoms with E-state index in [-0.39, 0.29) is 0 Å². The van der Waals surface area contributed by atoms with Crippen molar-refractivity contribution < 1.29 is 4.74 Å². The first-order valence-corrected chi connectivity index (χ1v) is 8.47. The summed E-state index contributed by atoms with van der Waals surface area (Å²) >= 11 is 6.09. The van der Waals surface area contributed by atoms with E-state index in [1.165, 1.54) is 25.7 Å². The highest BCUT2D eigenvalue weighted by Crippen LogP contribution is 2.23. The third kappa shape index (κ3) is 5.72. The van der Waals surface area contributed by atoms with Crippen LogP contribution in [-0.4, -0.2) is 13.2 Å². The van der Waals surface area contributed by atoms with Crippen LogP contribution in [-0.2, 0) is 6.54 Å². The standard InChI is InChI=1S/C18H26ClNO/c1-2-12-21-18-9-8-17(19)13-16(18)14-20-11-10-15-6-4-3-5-7-15/h6,8-9,13,20H,2-5,7,10-12,14H2,1H3. The number of hydrogen-bond donors (Lipinski definition) is 1. The number of allylic oxidation sites excluding steroid dienone is 1. The molecule has 21 heavy (non-hydrogen) atoms. The Kier molecular flexibility index (Phi) is 7.11. The van der Waals surface area contributed by atoms with Gasteiger partial charge in [-0.1, -0.05) is 30.2 Å². The van der Waals surface area contributed by atoms with E-state index >= 15 is 0 Å². The monoisotopic (exact) mass is 307 g/mol. The number of hydrogen-bond acceptors (Lipinski definition) is 2. The summed E-state index contributed by atoms with van der Waals surface area (Å²) < 4.78 is 5.78. The SMILES string of the molecule is CCCOc1ccc(Cl)cc1CNCCC1=CCCCC1. The molecular weight excluding hydrogens is 282 g/mol. The maximum absolute atomic E-state index is 6.09. The average molecular weight is 308 g/mol. The molecule has 3 heteroatoms. The van der Waals surface area contributed by atoms with Crippen LogP contribution in [0, 0.1) is 0 Å². The Balaban J connectivity index is 1.81. The Hall–Kier alpha value is -0.990. The first kappa shape index (κ1) is 16.4. The van der Waals surface area contributed by atoms with Crippen LogP contribution in [0.25, 0.3) is 0 Å². The van der Waals surface area contributed by atoms with Crippen LogP contribution in [0.1, 0.15) is 51.0 Å². The Morgan fingerprint density at radius 1 is 1.29 bits per heavy atom. The second kappa shape index (κ2) is 9.11. The van der Waals surface area contributed by atoms with Gasteiger partial charge in [0.2, 0.25) is 0 Å². The maximum Gasteiger partial charge on any atom is 0.123 e. The number of benzene rings is 1. The summed E-state index contributed by atoms with van der Waals surface area (Å²) in [6.07, 6.45) is 9.85. The van der Waals surface area contributed by atoms with E-state index in [0.29, 0.717) is 0 Å². The highest BCUT2D eigenvalue weighted by molar-refractivity contribution is 6.30. The molecule has 116 valence electrons. The highest BCUT2D eigenvalue weighted by Gasteiger charge is 2.06. The van der Waals surface area contributed by atoms with Gasteiger partial charge >= 0.3 is 0 Å². The fraction of sp³-hybridized carbons (Fsp3) is 0.556. The minimum atomic E-state index is 0.752. The van der Waals surface area contributed by atoms with Crippen molar-refractivity contribution in [3.63, 3.8) is 0 Å². The third-order valence-corrected chi connectivity index (χ3v) is 4.04. The van der Waals surface area contributed by atoms with Gasteiger partial charge < -0.3 is 10.1 Å². The Morgan fingerprint density at radius 2 is 2.19 bits per heavy atom. The molecule has 1 aliphatic rings. The molecule has 0 unspecified atom stereocenters. The van der Waals surface area contributed by atoms with Crippen molar-refractivity contribution in [1.82, 2.24) is 5.32 Å². The smallest absolute Gasteiger partial charge is 0.123 e. The van der Waals surface area contributed by atoms with Crippen LogP contribution in [0.15, 0.2) is 29.8 Å². The highest BCUT2D eigenvalue weighted by atomic mass is 35.5. The van der Waals surface area contributed by atoms with E-state index in [9.17, 15) is 0 Å². The normalized spacial score (nSPS) is 14.9. The molecule has 0 aliphatic heterocycles. The van der Waals surface area contributed by atoms with Crippen molar-refractivity contribution in [2.75, 3.05) is 13.2 Å². The summed E-state index contributed by atoms with van der Waals surface area (Å²) in [5.41, 5.74) is 2.76. The number of ether oxygens (including phenoxy) is 1. The average Bonchev–Trinajstić information content (AvgIpc) is 2.52. The van der Waals surface area contributed by atoms with Gasteiger partial charge in [0.1, 0.15) is 5.75 Å². The van der Waals surface area contributed by atoms with E-state index in [0.717, 1.165) is 48.9 Å². The molecule has 0 amide bonds. The quantitative estimate of drug-likeness (QED) is 0.532. The van der Waals surface area contributed by atoms with E-state index < -0.39 is 0 Å². The molecule has 0 spiro atoms. The third-order valence-electron chi connectivity index (χ3n) is 3.81. The molecular formula is C18H26ClNO. The van der Waals surface area contributed by atoms with E-state index in [4.69, 9.17) is 16.3 Å². The molecule has 0 heterocycles. The molecule has 1 N–H and O–H groups in total. The van der Waals surface area contributed by atoms with Gasteiger partial charge in [-0.15, -0.1) is 0 Å². The zero-order valence-electron chi connectivity index (χ0n) is 13.0. The summed E-state index contributed by atoms with van der Waals surface area (Å²) in [5, 5.41) is 4.28. The van der Waals surface area contributed by atoms with Gasteiger partial charge in [0.25, 0.3) is 0 Å². The number of rotatable bonds is 8. The summed E-state index contributed by atoms with van der Waals surface area (Å²) in [6, 6.07) is 5.86. The molecule has 0 saturated carbocycles. The van der Waals surface area contributed by atoms with E-state index in [1.54, 1.807) is 5.57 Å². The summed E-state index contributed by atoms with van der Waals surface area (Å²) in [4.78, 5) is 0. The second-order valence-corrected chi connectivity index (χ2v) is 6.07. The zero-order chi connectivity index (χ0) is 14.9. The summed E-state index contributed by atoms with van der Waals surface area (Å²) in [6.45, 7) is 4.70. The van der Waals surface area contributed by atoms with Crippen LogP contribution in [0.2, 0.25) is 5.02 Å². The zero-order valence-corrected chi connectivity index (χ0v) is 13.7. The van der Waals surface area contributed by atoms with Crippen molar-refractivity contribution in [2.24, 2.45) is 0 Å². The van der Waals surface area contributed by atoms with Gasteiger partial charge in [0.05, 0.1) is 6.61 Å². The van der Waals surface area contributed by atoms with Gasteiger partial charge in [0.15, 0.2) is 0 Å². The number of nitrogens with one attached hydrogen (secondary N) is 1. The molecule has 2 nitrogen and oxygen atoms in total. The Morgan fingerprint density at radius 3 is 2.95 bits per heavy atom. The summed E-state index contributed by atoms with van der Waals surface area (Å²) in [7, 11) is 0. The van der Waals surface area contributed by atoms with Crippen LogP contribution in [0.4, 0.5) is 0 Å². The Labute approximate surface area is 133 Å². The van der Waals surface area contributed by atoms with Crippen LogP contribution in [0.5, 0.6) is 5.75 Å².